The van der Waals surface area contributed by atoms with Crippen LogP contribution in [0.1, 0.15) is 12.0 Å². The van der Waals surface area contributed by atoms with Crippen molar-refractivity contribution >= 4 is 22.7 Å². The predicted molar refractivity (Wildman–Crippen MR) is 58.3 cm³/mol. The highest BCUT2D eigenvalue weighted by molar-refractivity contribution is 8.13. The Labute approximate surface area is 87.7 Å². The molecular weight excluding hydrogens is 196 g/mol. The third kappa shape index (κ3) is 3.75. The summed E-state index contributed by atoms with van der Waals surface area (Å²) in [6, 6.07) is 9.46. The maximum atomic E-state index is 11.3. The summed E-state index contributed by atoms with van der Waals surface area (Å²) < 4.78 is 0. The van der Waals surface area contributed by atoms with Gasteiger partial charge in [-0.2, -0.15) is 0 Å². The van der Waals surface area contributed by atoms with Gasteiger partial charge in [-0.25, -0.2) is 0 Å². The van der Waals surface area contributed by atoms with Crippen LogP contribution in [0.15, 0.2) is 30.3 Å². The summed E-state index contributed by atoms with van der Waals surface area (Å²) in [5, 5.41) is -0.0640. The number of thioether (sulfide) groups is 1. The lowest BCUT2D eigenvalue weighted by atomic mass is 10.1. The molecule has 14 heavy (non-hydrogen) atoms. The third-order valence-corrected chi connectivity index (χ3v) is 2.41. The first-order valence-electron chi connectivity index (χ1n) is 4.35. The highest BCUT2D eigenvalue weighted by Crippen LogP contribution is 2.05. The summed E-state index contributed by atoms with van der Waals surface area (Å²) in [5.41, 5.74) is 0.964. The molecule has 0 heterocycles. The Balaban J connectivity index is 2.46. The molecular formula is C11H12O2S. The summed E-state index contributed by atoms with van der Waals surface area (Å²) in [7, 11) is 0. The minimum Gasteiger partial charge on any atom is -0.299 e. The van der Waals surface area contributed by atoms with E-state index in [1.54, 1.807) is 6.26 Å². The molecule has 1 aromatic carbocycles. The van der Waals surface area contributed by atoms with Gasteiger partial charge in [-0.3, -0.25) is 9.59 Å². The number of ketones is 1. The van der Waals surface area contributed by atoms with E-state index in [9.17, 15) is 9.59 Å². The van der Waals surface area contributed by atoms with Crippen LogP contribution in [0.5, 0.6) is 0 Å². The van der Waals surface area contributed by atoms with Gasteiger partial charge in [-0.15, -0.1) is 0 Å². The van der Waals surface area contributed by atoms with E-state index in [1.165, 1.54) is 0 Å². The average molecular weight is 208 g/mol. The molecule has 0 amide bonds. The number of rotatable bonds is 4. The molecule has 0 aromatic heterocycles. The van der Waals surface area contributed by atoms with E-state index in [4.69, 9.17) is 0 Å². The van der Waals surface area contributed by atoms with E-state index >= 15 is 0 Å². The zero-order chi connectivity index (χ0) is 10.4. The minimum atomic E-state index is -0.0640. The molecule has 0 N–H and O–H groups in total. The molecule has 0 radical (unpaired) electrons. The fraction of sp³-hybridized carbons (Fsp3) is 0.273. The van der Waals surface area contributed by atoms with Gasteiger partial charge in [0.15, 0.2) is 5.12 Å². The van der Waals surface area contributed by atoms with Gasteiger partial charge in [0.2, 0.25) is 0 Å². The van der Waals surface area contributed by atoms with Crippen LogP contribution < -0.4 is 0 Å². The van der Waals surface area contributed by atoms with Crippen molar-refractivity contribution in [1.82, 2.24) is 0 Å². The van der Waals surface area contributed by atoms with Gasteiger partial charge in [0.05, 0.1) is 6.42 Å². The molecule has 0 saturated heterocycles. The van der Waals surface area contributed by atoms with E-state index in [0.717, 1.165) is 17.3 Å². The second-order valence-corrected chi connectivity index (χ2v) is 3.82. The second-order valence-electron chi connectivity index (χ2n) is 2.95. The van der Waals surface area contributed by atoms with E-state index in [1.807, 2.05) is 30.3 Å². The van der Waals surface area contributed by atoms with Crippen LogP contribution in [0.3, 0.4) is 0 Å². The van der Waals surface area contributed by atoms with Gasteiger partial charge in [0.25, 0.3) is 0 Å². The fourth-order valence-corrected chi connectivity index (χ4v) is 1.42. The van der Waals surface area contributed by atoms with Crippen LogP contribution in [-0.4, -0.2) is 17.2 Å². The lowest BCUT2D eigenvalue weighted by Gasteiger charge is -1.98. The van der Waals surface area contributed by atoms with Crippen molar-refractivity contribution in [2.24, 2.45) is 0 Å². The Morgan fingerprint density at radius 2 is 1.86 bits per heavy atom. The lowest BCUT2D eigenvalue weighted by molar-refractivity contribution is -0.122. The van der Waals surface area contributed by atoms with Crippen molar-refractivity contribution in [1.29, 1.82) is 0 Å². The second kappa shape index (κ2) is 5.60. The summed E-state index contributed by atoms with van der Waals surface area (Å²) in [5.74, 6) is -0.0180. The van der Waals surface area contributed by atoms with Crippen molar-refractivity contribution in [3.8, 4) is 0 Å². The zero-order valence-electron chi connectivity index (χ0n) is 8.03. The Hall–Kier alpha value is -1.09. The number of carbonyl (C=O) groups is 2. The highest BCUT2D eigenvalue weighted by Gasteiger charge is 2.08. The molecule has 0 aliphatic rings. The quantitative estimate of drug-likeness (QED) is 0.710. The van der Waals surface area contributed by atoms with Crippen LogP contribution in [0.4, 0.5) is 0 Å². The van der Waals surface area contributed by atoms with Crippen LogP contribution >= 0.6 is 11.8 Å². The normalized spacial score (nSPS) is 9.79. The van der Waals surface area contributed by atoms with Gasteiger partial charge in [0, 0.05) is 6.42 Å². The van der Waals surface area contributed by atoms with Crippen molar-refractivity contribution in [2.45, 2.75) is 12.8 Å². The Morgan fingerprint density at radius 1 is 1.21 bits per heavy atom. The van der Waals surface area contributed by atoms with Crippen LogP contribution in [0, 0.1) is 0 Å². The minimum absolute atomic E-state index is 0.0180. The third-order valence-electron chi connectivity index (χ3n) is 1.81. The van der Waals surface area contributed by atoms with Crippen molar-refractivity contribution in [3.05, 3.63) is 35.9 Å². The molecule has 1 aromatic rings. The zero-order valence-corrected chi connectivity index (χ0v) is 8.84. The molecule has 2 nitrogen and oxygen atoms in total. The lowest BCUT2D eigenvalue weighted by Crippen LogP contribution is -2.07. The average Bonchev–Trinajstić information content (AvgIpc) is 2.19. The number of carbonyl (C=O) groups excluding carboxylic acids is 2. The highest BCUT2D eigenvalue weighted by atomic mass is 32.2. The first-order valence-corrected chi connectivity index (χ1v) is 5.57. The maximum absolute atomic E-state index is 11.3. The van der Waals surface area contributed by atoms with E-state index in [2.05, 4.69) is 0 Å². The summed E-state index contributed by atoms with van der Waals surface area (Å²) in [6.45, 7) is 0. The Morgan fingerprint density at radius 3 is 2.43 bits per heavy atom. The Kier molecular flexibility index (Phi) is 4.40. The molecule has 0 fully saturated rings. The molecule has 1 rings (SSSR count). The molecule has 0 unspecified atom stereocenters. The van der Waals surface area contributed by atoms with Crippen LogP contribution in [0.2, 0.25) is 0 Å². The van der Waals surface area contributed by atoms with Gasteiger partial charge in [0.1, 0.15) is 5.78 Å². The van der Waals surface area contributed by atoms with E-state index in [0.29, 0.717) is 6.42 Å². The molecule has 0 atom stereocenters. The first-order chi connectivity index (χ1) is 6.72. The van der Waals surface area contributed by atoms with E-state index in [-0.39, 0.29) is 17.3 Å². The maximum Gasteiger partial charge on any atom is 0.196 e. The predicted octanol–water partition coefficient (Wildman–Crippen LogP) is 2.08. The Bertz CT molecular complexity index is 319. The van der Waals surface area contributed by atoms with Crippen molar-refractivity contribution < 1.29 is 9.59 Å². The van der Waals surface area contributed by atoms with Crippen LogP contribution in [0.25, 0.3) is 0 Å². The molecule has 0 saturated carbocycles. The SMILES string of the molecule is CSC(=O)CC(=O)Cc1ccccc1. The number of hydrogen-bond acceptors (Lipinski definition) is 3. The van der Waals surface area contributed by atoms with Crippen molar-refractivity contribution in [3.63, 3.8) is 0 Å². The molecule has 3 heteroatoms. The molecule has 0 aliphatic carbocycles. The molecule has 0 bridgehead atoms. The van der Waals surface area contributed by atoms with Gasteiger partial charge < -0.3 is 0 Å². The van der Waals surface area contributed by atoms with Crippen molar-refractivity contribution in [2.75, 3.05) is 6.26 Å². The number of benzene rings is 1. The van der Waals surface area contributed by atoms with E-state index < -0.39 is 0 Å². The number of hydrogen-bond donors (Lipinski definition) is 0. The molecule has 0 aliphatic heterocycles. The largest absolute Gasteiger partial charge is 0.299 e. The summed E-state index contributed by atoms with van der Waals surface area (Å²) in [6.07, 6.45) is 2.08. The number of Topliss-reactive ketones (excluding diaryl/α,β-unsaturated/α-hetero) is 1. The standard InChI is InChI=1S/C11H12O2S/c1-14-11(13)8-10(12)7-9-5-3-2-4-6-9/h2-6H,7-8H2,1H3. The van der Waals surface area contributed by atoms with Gasteiger partial charge in [-0.1, -0.05) is 42.1 Å². The van der Waals surface area contributed by atoms with Crippen LogP contribution in [-0.2, 0) is 16.0 Å². The fourth-order valence-electron chi connectivity index (χ4n) is 1.12. The summed E-state index contributed by atoms with van der Waals surface area (Å²) >= 11 is 1.10. The van der Waals surface area contributed by atoms with Gasteiger partial charge >= 0.3 is 0 Å². The monoisotopic (exact) mass is 208 g/mol. The summed E-state index contributed by atoms with van der Waals surface area (Å²) in [4.78, 5) is 22.3. The smallest absolute Gasteiger partial charge is 0.196 e. The first kappa shape index (κ1) is 11.0. The molecule has 0 spiro atoms. The topological polar surface area (TPSA) is 34.1 Å². The van der Waals surface area contributed by atoms with Gasteiger partial charge in [-0.05, 0) is 11.8 Å². The molecule has 74 valence electrons.